The zero-order valence-corrected chi connectivity index (χ0v) is 11.4. The lowest BCUT2D eigenvalue weighted by molar-refractivity contribution is -0.150. The van der Waals surface area contributed by atoms with Gasteiger partial charge in [-0.3, -0.25) is 9.59 Å². The Hall–Kier alpha value is -3.15. The number of hydrogen-bond donors (Lipinski definition) is 3. The summed E-state index contributed by atoms with van der Waals surface area (Å²) in [5, 5.41) is 25.6. The molecule has 2 aromatic carbocycles. The van der Waals surface area contributed by atoms with Gasteiger partial charge in [-0.25, -0.2) is 4.79 Å². The molecule has 0 amide bonds. The van der Waals surface area contributed by atoms with Crippen LogP contribution in [0.25, 0.3) is 0 Å². The molecule has 0 spiro atoms. The molecule has 6 nitrogen and oxygen atoms in total. The van der Waals surface area contributed by atoms with Gasteiger partial charge in [0.15, 0.2) is 5.92 Å². The molecule has 22 heavy (non-hydrogen) atoms. The fourth-order valence-corrected chi connectivity index (χ4v) is 1.62. The summed E-state index contributed by atoms with van der Waals surface area (Å²) in [6.45, 7) is 0. The van der Waals surface area contributed by atoms with Crippen LogP contribution in [0.15, 0.2) is 60.7 Å². The Morgan fingerprint density at radius 3 is 1.41 bits per heavy atom. The van der Waals surface area contributed by atoms with E-state index in [4.69, 9.17) is 15.3 Å². The SMILES string of the molecule is O=C(O)C(C(=O)O)c1ccccc1.O=C(O)c1ccccc1. The number of aromatic carboxylic acids is 1. The van der Waals surface area contributed by atoms with Gasteiger partial charge in [0.1, 0.15) is 0 Å². The van der Waals surface area contributed by atoms with E-state index in [-0.39, 0.29) is 5.56 Å². The van der Waals surface area contributed by atoms with Crippen LogP contribution in [0, 0.1) is 0 Å². The summed E-state index contributed by atoms with van der Waals surface area (Å²) in [6.07, 6.45) is 0. The first-order chi connectivity index (χ1) is 10.4. The van der Waals surface area contributed by atoms with Crippen LogP contribution in [-0.4, -0.2) is 33.2 Å². The fourth-order valence-electron chi connectivity index (χ4n) is 1.62. The lowest BCUT2D eigenvalue weighted by atomic mass is 10.00. The second-order valence-electron chi connectivity index (χ2n) is 4.19. The zero-order valence-electron chi connectivity index (χ0n) is 11.4. The number of carboxylic acid groups (broad SMARTS) is 3. The average Bonchev–Trinajstić information content (AvgIpc) is 2.49. The predicted molar refractivity (Wildman–Crippen MR) is 77.9 cm³/mol. The molecule has 3 N–H and O–H groups in total. The van der Waals surface area contributed by atoms with Gasteiger partial charge in [0.05, 0.1) is 5.56 Å². The standard InChI is InChI=1S/C9H8O4.C7H6O2/c10-8(11)7(9(12)13)6-4-2-1-3-5-6;8-7(9)6-4-2-1-3-5-6/h1-5,7H,(H,10,11)(H,12,13);1-5H,(H,8,9). The molecule has 0 aliphatic heterocycles. The van der Waals surface area contributed by atoms with Crippen LogP contribution in [0.4, 0.5) is 0 Å². The van der Waals surface area contributed by atoms with Crippen molar-refractivity contribution in [1.29, 1.82) is 0 Å². The van der Waals surface area contributed by atoms with Crippen molar-refractivity contribution in [3.63, 3.8) is 0 Å². The highest BCUT2D eigenvalue weighted by atomic mass is 16.4. The summed E-state index contributed by atoms with van der Waals surface area (Å²) in [5.74, 6) is -5.05. The van der Waals surface area contributed by atoms with Crippen LogP contribution in [0.3, 0.4) is 0 Å². The summed E-state index contributed by atoms with van der Waals surface area (Å²) in [7, 11) is 0. The van der Waals surface area contributed by atoms with E-state index < -0.39 is 23.8 Å². The van der Waals surface area contributed by atoms with Crippen molar-refractivity contribution < 1.29 is 29.7 Å². The maximum Gasteiger partial charge on any atom is 0.335 e. The van der Waals surface area contributed by atoms with Crippen molar-refractivity contribution >= 4 is 17.9 Å². The molecule has 0 bridgehead atoms. The monoisotopic (exact) mass is 302 g/mol. The van der Waals surface area contributed by atoms with Gasteiger partial charge in [-0.05, 0) is 17.7 Å². The Morgan fingerprint density at radius 2 is 1.09 bits per heavy atom. The van der Waals surface area contributed by atoms with E-state index in [1.165, 1.54) is 12.1 Å². The lowest BCUT2D eigenvalue weighted by Gasteiger charge is -2.06. The van der Waals surface area contributed by atoms with Crippen molar-refractivity contribution in [3.05, 3.63) is 71.8 Å². The molecule has 0 unspecified atom stereocenters. The van der Waals surface area contributed by atoms with Crippen molar-refractivity contribution in [3.8, 4) is 0 Å². The molecule has 0 saturated heterocycles. The normalized spacial score (nSPS) is 9.50. The first-order valence-corrected chi connectivity index (χ1v) is 6.22. The first kappa shape index (κ1) is 16.9. The Balaban J connectivity index is 0.000000235. The fraction of sp³-hybridized carbons (Fsp3) is 0.0625. The average molecular weight is 302 g/mol. The van der Waals surface area contributed by atoms with Crippen LogP contribution in [0.1, 0.15) is 21.8 Å². The number of hydrogen-bond acceptors (Lipinski definition) is 3. The van der Waals surface area contributed by atoms with E-state index in [9.17, 15) is 14.4 Å². The smallest absolute Gasteiger partial charge is 0.335 e. The molecule has 114 valence electrons. The third-order valence-electron chi connectivity index (χ3n) is 2.65. The molecule has 0 heterocycles. The van der Waals surface area contributed by atoms with Crippen LogP contribution in [0.5, 0.6) is 0 Å². The highest BCUT2D eigenvalue weighted by molar-refractivity contribution is 5.98. The quantitative estimate of drug-likeness (QED) is 0.747. The second kappa shape index (κ2) is 8.21. The van der Waals surface area contributed by atoms with Gasteiger partial charge in [-0.15, -0.1) is 0 Å². The Bertz CT molecular complexity index is 622. The van der Waals surface area contributed by atoms with Crippen LogP contribution in [-0.2, 0) is 9.59 Å². The van der Waals surface area contributed by atoms with Crippen molar-refractivity contribution in [2.45, 2.75) is 5.92 Å². The van der Waals surface area contributed by atoms with Gasteiger partial charge < -0.3 is 15.3 Å². The maximum absolute atomic E-state index is 10.6. The van der Waals surface area contributed by atoms with Crippen molar-refractivity contribution in [2.75, 3.05) is 0 Å². The number of carboxylic acids is 3. The molecule has 0 aromatic heterocycles. The third kappa shape index (κ3) is 5.09. The zero-order chi connectivity index (χ0) is 16.5. The molecule has 0 fully saturated rings. The molecular weight excluding hydrogens is 288 g/mol. The molecule has 6 heteroatoms. The molecule has 0 atom stereocenters. The molecular formula is C16H14O6. The Morgan fingerprint density at radius 1 is 0.682 bits per heavy atom. The minimum atomic E-state index is -1.47. The van der Waals surface area contributed by atoms with E-state index in [1.807, 2.05) is 0 Å². The van der Waals surface area contributed by atoms with Crippen LogP contribution in [0.2, 0.25) is 0 Å². The van der Waals surface area contributed by atoms with E-state index in [1.54, 1.807) is 48.5 Å². The van der Waals surface area contributed by atoms with Crippen molar-refractivity contribution in [2.24, 2.45) is 0 Å². The Kier molecular flexibility index (Phi) is 6.31. The van der Waals surface area contributed by atoms with Gasteiger partial charge in [0.25, 0.3) is 0 Å². The van der Waals surface area contributed by atoms with E-state index >= 15 is 0 Å². The summed E-state index contributed by atoms with van der Waals surface area (Å²) in [4.78, 5) is 31.3. The van der Waals surface area contributed by atoms with Crippen LogP contribution < -0.4 is 0 Å². The minimum absolute atomic E-state index is 0.280. The van der Waals surface area contributed by atoms with Crippen molar-refractivity contribution in [1.82, 2.24) is 0 Å². The van der Waals surface area contributed by atoms with E-state index in [0.29, 0.717) is 5.56 Å². The predicted octanol–water partition coefficient (Wildman–Crippen LogP) is 2.32. The molecule has 0 aliphatic rings. The Labute approximate surface area is 126 Å². The van der Waals surface area contributed by atoms with E-state index in [0.717, 1.165) is 0 Å². The van der Waals surface area contributed by atoms with E-state index in [2.05, 4.69) is 0 Å². The minimum Gasteiger partial charge on any atom is -0.480 e. The molecule has 0 saturated carbocycles. The maximum atomic E-state index is 10.6. The van der Waals surface area contributed by atoms with Gasteiger partial charge in [-0.2, -0.15) is 0 Å². The first-order valence-electron chi connectivity index (χ1n) is 6.22. The van der Waals surface area contributed by atoms with Crippen LogP contribution >= 0.6 is 0 Å². The second-order valence-corrected chi connectivity index (χ2v) is 4.19. The number of aliphatic carboxylic acids is 2. The van der Waals surface area contributed by atoms with Gasteiger partial charge in [-0.1, -0.05) is 48.5 Å². The molecule has 2 rings (SSSR count). The molecule has 0 radical (unpaired) electrons. The summed E-state index contributed by atoms with van der Waals surface area (Å²) in [6, 6.07) is 16.2. The summed E-state index contributed by atoms with van der Waals surface area (Å²) in [5.41, 5.74) is 0.611. The molecule has 0 aliphatic carbocycles. The lowest BCUT2D eigenvalue weighted by Crippen LogP contribution is -2.20. The summed E-state index contributed by atoms with van der Waals surface area (Å²) < 4.78 is 0. The third-order valence-corrected chi connectivity index (χ3v) is 2.65. The largest absolute Gasteiger partial charge is 0.480 e. The van der Waals surface area contributed by atoms with Gasteiger partial charge in [0, 0.05) is 0 Å². The highest BCUT2D eigenvalue weighted by Crippen LogP contribution is 2.15. The highest BCUT2D eigenvalue weighted by Gasteiger charge is 2.27. The van der Waals surface area contributed by atoms with Gasteiger partial charge in [0.2, 0.25) is 0 Å². The number of carbonyl (C=O) groups is 3. The van der Waals surface area contributed by atoms with Gasteiger partial charge >= 0.3 is 17.9 Å². The number of benzene rings is 2. The summed E-state index contributed by atoms with van der Waals surface area (Å²) >= 11 is 0. The number of rotatable bonds is 4. The molecule has 2 aromatic rings. The topological polar surface area (TPSA) is 112 Å².